The van der Waals surface area contributed by atoms with E-state index in [1.165, 1.54) is 23.6 Å². The van der Waals surface area contributed by atoms with E-state index in [0.717, 1.165) is 71.7 Å². The third-order valence-corrected chi connectivity index (χ3v) is 8.88. The van der Waals surface area contributed by atoms with Crippen LogP contribution in [0.3, 0.4) is 0 Å². The Hall–Kier alpha value is -1.45. The second-order valence-corrected chi connectivity index (χ2v) is 12.4. The number of hydrogen-bond acceptors (Lipinski definition) is 4. The molecule has 1 aromatic heterocycles. The van der Waals surface area contributed by atoms with E-state index in [9.17, 15) is 9.90 Å². The van der Waals surface area contributed by atoms with Gasteiger partial charge in [0, 0.05) is 76.4 Å². The Morgan fingerprint density at radius 1 is 0.889 bits per heavy atom. The smallest absolute Gasteiger partial charge is 0.223 e. The maximum absolute atomic E-state index is 12.8. The van der Waals surface area contributed by atoms with Gasteiger partial charge in [0.15, 0.2) is 0 Å². The second kappa shape index (κ2) is 11.5. The van der Waals surface area contributed by atoms with Crippen LogP contribution >= 0.6 is 31.9 Å². The van der Waals surface area contributed by atoms with Gasteiger partial charge in [-0.2, -0.15) is 0 Å². The van der Waals surface area contributed by atoms with Crippen LogP contribution in [-0.2, 0) is 11.3 Å². The van der Waals surface area contributed by atoms with E-state index in [-0.39, 0.29) is 5.91 Å². The molecule has 2 aliphatic rings. The van der Waals surface area contributed by atoms with Gasteiger partial charge in [0.2, 0.25) is 5.91 Å². The molecule has 1 unspecified atom stereocenters. The minimum absolute atomic E-state index is 0.274. The Bertz CT molecular complexity index is 1150. The lowest BCUT2D eigenvalue weighted by Gasteiger charge is -2.36. The molecule has 194 valence electrons. The third kappa shape index (κ3) is 5.99. The van der Waals surface area contributed by atoms with Gasteiger partial charge in [-0.3, -0.25) is 9.69 Å². The molecule has 0 radical (unpaired) electrons. The van der Waals surface area contributed by atoms with Crippen LogP contribution in [0, 0.1) is 5.92 Å². The largest absolute Gasteiger partial charge is 0.390 e. The van der Waals surface area contributed by atoms with Crippen molar-refractivity contribution in [2.45, 2.75) is 38.8 Å². The molecule has 2 saturated heterocycles. The molecule has 1 N–H and O–H groups in total. The van der Waals surface area contributed by atoms with Crippen molar-refractivity contribution >= 4 is 59.6 Å². The fraction of sp³-hybridized carbons (Fsp3) is 0.536. The number of fused-ring (bicyclic) bond motifs is 3. The molecule has 1 amide bonds. The molecule has 0 aliphatic carbocycles. The lowest BCUT2D eigenvalue weighted by atomic mass is 9.99. The quantitative estimate of drug-likeness (QED) is 0.407. The van der Waals surface area contributed by atoms with Gasteiger partial charge >= 0.3 is 0 Å². The van der Waals surface area contributed by atoms with Gasteiger partial charge in [0.05, 0.1) is 12.6 Å². The molecule has 1 atom stereocenters. The molecule has 2 aliphatic heterocycles. The average molecular weight is 620 g/mol. The standard InChI is InChI=1S/C28H36Br2N4O2/c1-20-6-9-31(10-7-20)11-8-28(36)33-14-12-32(13-15-33)18-23(35)19-34-26-4-2-21(29)16-24(26)25-17-22(30)3-5-27(25)34/h2-5,16-17,20,23,35H,6-15,18-19H2,1H3. The number of carbonyl (C=O) groups is 1. The van der Waals surface area contributed by atoms with Crippen molar-refractivity contribution in [1.29, 1.82) is 0 Å². The number of likely N-dealkylation sites (tertiary alicyclic amines) is 1. The first-order valence-electron chi connectivity index (χ1n) is 13.1. The maximum atomic E-state index is 12.8. The van der Waals surface area contributed by atoms with E-state index < -0.39 is 6.10 Å². The monoisotopic (exact) mass is 618 g/mol. The third-order valence-electron chi connectivity index (χ3n) is 7.89. The molecule has 2 fully saturated rings. The van der Waals surface area contributed by atoms with Crippen LogP contribution in [0.4, 0.5) is 0 Å². The van der Waals surface area contributed by atoms with Crippen molar-refractivity contribution in [1.82, 2.24) is 19.3 Å². The predicted octanol–water partition coefficient (Wildman–Crippen LogP) is 4.95. The summed E-state index contributed by atoms with van der Waals surface area (Å²) in [6.07, 6.45) is 2.63. The van der Waals surface area contributed by atoms with Gasteiger partial charge in [-0.05, 0) is 68.2 Å². The molecule has 36 heavy (non-hydrogen) atoms. The summed E-state index contributed by atoms with van der Waals surface area (Å²) >= 11 is 7.20. The van der Waals surface area contributed by atoms with E-state index in [4.69, 9.17) is 0 Å². The fourth-order valence-electron chi connectivity index (χ4n) is 5.69. The number of piperazine rings is 1. The highest BCUT2D eigenvalue weighted by Crippen LogP contribution is 2.33. The van der Waals surface area contributed by atoms with Crippen LogP contribution in [0.1, 0.15) is 26.2 Å². The number of hydrogen-bond donors (Lipinski definition) is 1. The first-order valence-corrected chi connectivity index (χ1v) is 14.7. The normalized spacial score (nSPS) is 19.4. The number of aliphatic hydroxyl groups is 1. The highest BCUT2D eigenvalue weighted by Gasteiger charge is 2.24. The van der Waals surface area contributed by atoms with Crippen molar-refractivity contribution in [3.63, 3.8) is 0 Å². The number of halogens is 2. The molecule has 6 nitrogen and oxygen atoms in total. The van der Waals surface area contributed by atoms with Gasteiger partial charge in [0.1, 0.15) is 0 Å². The van der Waals surface area contributed by atoms with Gasteiger partial charge in [-0.15, -0.1) is 0 Å². The van der Waals surface area contributed by atoms with Crippen LogP contribution in [0.15, 0.2) is 45.3 Å². The summed E-state index contributed by atoms with van der Waals surface area (Å²) in [6.45, 7) is 9.74. The minimum atomic E-state index is -0.486. The first-order chi connectivity index (χ1) is 17.4. The van der Waals surface area contributed by atoms with Gasteiger partial charge in [0.25, 0.3) is 0 Å². The van der Waals surface area contributed by atoms with E-state index in [1.807, 2.05) is 4.90 Å². The van der Waals surface area contributed by atoms with Gasteiger partial charge in [-0.1, -0.05) is 38.8 Å². The van der Waals surface area contributed by atoms with Crippen LogP contribution in [0.25, 0.3) is 21.8 Å². The lowest BCUT2D eigenvalue weighted by molar-refractivity contribution is -0.133. The summed E-state index contributed by atoms with van der Waals surface area (Å²) in [5, 5.41) is 13.4. The SMILES string of the molecule is CC1CCN(CCC(=O)N2CCN(CC(O)Cn3c4ccc(Br)cc4c4cc(Br)ccc43)CC2)CC1. The highest BCUT2D eigenvalue weighted by atomic mass is 79.9. The highest BCUT2D eigenvalue weighted by molar-refractivity contribution is 9.10. The minimum Gasteiger partial charge on any atom is -0.390 e. The molecular formula is C28H36Br2N4O2. The number of aromatic nitrogens is 1. The molecule has 5 rings (SSSR count). The molecule has 3 aromatic rings. The van der Waals surface area contributed by atoms with Crippen LogP contribution in [0.5, 0.6) is 0 Å². The molecule has 2 aromatic carbocycles. The summed E-state index contributed by atoms with van der Waals surface area (Å²) in [7, 11) is 0. The van der Waals surface area contributed by atoms with E-state index in [1.54, 1.807) is 0 Å². The van der Waals surface area contributed by atoms with Gasteiger partial charge in [-0.25, -0.2) is 0 Å². The average Bonchev–Trinajstić information content (AvgIpc) is 3.15. The molecule has 0 spiro atoms. The van der Waals surface area contributed by atoms with E-state index in [0.29, 0.717) is 19.5 Å². The van der Waals surface area contributed by atoms with Crippen LogP contribution < -0.4 is 0 Å². The van der Waals surface area contributed by atoms with Crippen molar-refractivity contribution in [3.05, 3.63) is 45.3 Å². The summed E-state index contributed by atoms with van der Waals surface area (Å²) in [6, 6.07) is 12.6. The molecule has 8 heteroatoms. The zero-order valence-corrected chi connectivity index (χ0v) is 24.2. The second-order valence-electron chi connectivity index (χ2n) is 10.5. The Morgan fingerprint density at radius 2 is 1.47 bits per heavy atom. The molecule has 0 bridgehead atoms. The Kier molecular flexibility index (Phi) is 8.37. The summed E-state index contributed by atoms with van der Waals surface area (Å²) in [4.78, 5) is 19.5. The van der Waals surface area contributed by atoms with Crippen molar-refractivity contribution in [2.75, 3.05) is 52.4 Å². The Morgan fingerprint density at radius 3 is 2.06 bits per heavy atom. The lowest BCUT2D eigenvalue weighted by Crippen LogP contribution is -2.51. The zero-order valence-electron chi connectivity index (χ0n) is 21.0. The number of nitrogens with zero attached hydrogens (tertiary/aromatic N) is 4. The number of β-amino-alcohol motifs (C(OH)–C–C–N with tert-alkyl or cyclic N) is 1. The zero-order chi connectivity index (χ0) is 25.2. The summed E-state index contributed by atoms with van der Waals surface area (Å²) < 4.78 is 4.33. The number of amides is 1. The molecular weight excluding hydrogens is 584 g/mol. The fourth-order valence-corrected chi connectivity index (χ4v) is 6.41. The predicted molar refractivity (Wildman–Crippen MR) is 153 cm³/mol. The van der Waals surface area contributed by atoms with E-state index >= 15 is 0 Å². The summed E-state index contributed by atoms with van der Waals surface area (Å²) in [5.74, 6) is 1.09. The maximum Gasteiger partial charge on any atom is 0.223 e. The van der Waals surface area contributed by atoms with Gasteiger partial charge < -0.3 is 19.5 Å². The van der Waals surface area contributed by atoms with Crippen molar-refractivity contribution in [2.24, 2.45) is 5.92 Å². The Balaban J connectivity index is 1.15. The van der Waals surface area contributed by atoms with Crippen LogP contribution in [0.2, 0.25) is 0 Å². The number of aliphatic hydroxyl groups excluding tert-OH is 1. The number of piperidine rings is 1. The first kappa shape index (κ1) is 26.2. The molecule has 3 heterocycles. The number of rotatable bonds is 7. The number of carbonyl (C=O) groups excluding carboxylic acids is 1. The van der Waals surface area contributed by atoms with E-state index in [2.05, 4.69) is 89.5 Å². The Labute approximate surface area is 230 Å². The van der Waals surface area contributed by atoms with Crippen LogP contribution in [-0.4, -0.2) is 88.7 Å². The number of benzene rings is 2. The van der Waals surface area contributed by atoms with Crippen molar-refractivity contribution in [3.8, 4) is 0 Å². The summed E-state index contributed by atoms with van der Waals surface area (Å²) in [5.41, 5.74) is 2.26. The topological polar surface area (TPSA) is 52.0 Å². The molecule has 0 saturated carbocycles. The van der Waals surface area contributed by atoms with Crippen molar-refractivity contribution < 1.29 is 9.90 Å².